The van der Waals surface area contributed by atoms with E-state index in [4.69, 9.17) is 4.74 Å². The van der Waals surface area contributed by atoms with Crippen LogP contribution in [0.3, 0.4) is 0 Å². The fourth-order valence-electron chi connectivity index (χ4n) is 2.55. The second kappa shape index (κ2) is 7.63. The summed E-state index contributed by atoms with van der Waals surface area (Å²) in [5.41, 5.74) is 2.47. The molecule has 0 amide bonds. The van der Waals surface area contributed by atoms with Crippen LogP contribution in [0.2, 0.25) is 0 Å². The van der Waals surface area contributed by atoms with E-state index in [-0.39, 0.29) is 0 Å². The van der Waals surface area contributed by atoms with Crippen molar-refractivity contribution < 1.29 is 13.2 Å². The zero-order chi connectivity index (χ0) is 17.9. The van der Waals surface area contributed by atoms with E-state index >= 15 is 0 Å². The van der Waals surface area contributed by atoms with Crippen molar-refractivity contribution in [1.29, 1.82) is 0 Å². The molecule has 0 atom stereocenters. The Morgan fingerprint density at radius 3 is 2.46 bits per heavy atom. The van der Waals surface area contributed by atoms with Gasteiger partial charge in [-0.2, -0.15) is 0 Å². The van der Waals surface area contributed by atoms with Gasteiger partial charge in [-0.25, -0.2) is 18.1 Å². The highest BCUT2D eigenvalue weighted by atomic mass is 32.2. The molecule has 0 unspecified atom stereocenters. The van der Waals surface area contributed by atoms with Crippen molar-refractivity contribution >= 4 is 21.4 Å². The molecule has 0 spiro atoms. The van der Waals surface area contributed by atoms with Crippen molar-refractivity contribution in [2.45, 2.75) is 45.9 Å². The number of sulfonamides is 1. The molecule has 7 heteroatoms. The maximum atomic E-state index is 12.6. The van der Waals surface area contributed by atoms with Gasteiger partial charge in [0.2, 0.25) is 10.0 Å². The summed E-state index contributed by atoms with van der Waals surface area (Å²) < 4.78 is 33.4. The minimum Gasteiger partial charge on any atom is -0.494 e. The lowest BCUT2D eigenvalue weighted by atomic mass is 10.1. The van der Waals surface area contributed by atoms with Gasteiger partial charge >= 0.3 is 0 Å². The standard InChI is InChI=1S/C17H24N2O3S2/c1-6-22-15-9-12(3)17(10-11(15)2)24(20,21)18-8-7-16-13(4)19-14(5)23-16/h9-10,18H,6-8H2,1-5H3. The maximum absolute atomic E-state index is 12.6. The number of hydrogen-bond donors (Lipinski definition) is 1. The number of ether oxygens (including phenoxy) is 1. The number of rotatable bonds is 7. The van der Waals surface area contributed by atoms with Gasteiger partial charge in [-0.3, -0.25) is 0 Å². The monoisotopic (exact) mass is 368 g/mol. The lowest BCUT2D eigenvalue weighted by molar-refractivity contribution is 0.337. The number of nitrogens with one attached hydrogen (secondary N) is 1. The van der Waals surface area contributed by atoms with E-state index in [1.54, 1.807) is 30.4 Å². The highest BCUT2D eigenvalue weighted by Gasteiger charge is 2.19. The molecule has 0 saturated carbocycles. The van der Waals surface area contributed by atoms with Gasteiger partial charge < -0.3 is 4.74 Å². The summed E-state index contributed by atoms with van der Waals surface area (Å²) in [5, 5.41) is 1.00. The summed E-state index contributed by atoms with van der Waals surface area (Å²) in [6.07, 6.45) is 0.644. The first-order chi connectivity index (χ1) is 11.2. The van der Waals surface area contributed by atoms with E-state index in [9.17, 15) is 8.42 Å². The number of aromatic nitrogens is 1. The molecule has 0 aliphatic heterocycles. The number of nitrogens with zero attached hydrogens (tertiary/aromatic N) is 1. The zero-order valence-electron chi connectivity index (χ0n) is 14.8. The van der Waals surface area contributed by atoms with Crippen LogP contribution in [0.25, 0.3) is 0 Å². The SMILES string of the molecule is CCOc1cc(C)c(S(=O)(=O)NCCc2sc(C)nc2C)cc1C. The molecule has 2 rings (SSSR count). The summed E-state index contributed by atoms with van der Waals surface area (Å²) in [5.74, 6) is 0.727. The molecule has 1 aromatic heterocycles. The first kappa shape index (κ1) is 18.9. The molecule has 24 heavy (non-hydrogen) atoms. The average Bonchev–Trinajstić information content (AvgIpc) is 2.80. The first-order valence-electron chi connectivity index (χ1n) is 7.91. The van der Waals surface area contributed by atoms with E-state index in [2.05, 4.69) is 9.71 Å². The topological polar surface area (TPSA) is 68.3 Å². The van der Waals surface area contributed by atoms with E-state index in [0.29, 0.717) is 30.0 Å². The van der Waals surface area contributed by atoms with Crippen LogP contribution >= 0.6 is 11.3 Å². The van der Waals surface area contributed by atoms with Crippen molar-refractivity contribution in [1.82, 2.24) is 9.71 Å². The Balaban J connectivity index is 2.12. The van der Waals surface area contributed by atoms with Gasteiger partial charge in [0.15, 0.2) is 0 Å². The predicted octanol–water partition coefficient (Wildman–Crippen LogP) is 3.30. The Morgan fingerprint density at radius 1 is 1.17 bits per heavy atom. The molecular formula is C17H24N2O3S2. The first-order valence-corrected chi connectivity index (χ1v) is 10.2. The molecule has 5 nitrogen and oxygen atoms in total. The van der Waals surface area contributed by atoms with Crippen LogP contribution in [0.1, 0.15) is 33.6 Å². The molecule has 0 fully saturated rings. The van der Waals surface area contributed by atoms with E-state index in [0.717, 1.165) is 26.9 Å². The van der Waals surface area contributed by atoms with Crippen LogP contribution in [-0.4, -0.2) is 26.6 Å². The lowest BCUT2D eigenvalue weighted by Crippen LogP contribution is -2.26. The fourth-order valence-corrected chi connectivity index (χ4v) is 4.82. The molecule has 1 heterocycles. The summed E-state index contributed by atoms with van der Waals surface area (Å²) in [6.45, 7) is 10.4. The smallest absolute Gasteiger partial charge is 0.240 e. The lowest BCUT2D eigenvalue weighted by Gasteiger charge is -2.13. The summed E-state index contributed by atoms with van der Waals surface area (Å²) >= 11 is 1.61. The van der Waals surface area contributed by atoms with Crippen LogP contribution in [0.4, 0.5) is 0 Å². The van der Waals surface area contributed by atoms with Crippen LogP contribution in [0, 0.1) is 27.7 Å². The van der Waals surface area contributed by atoms with Crippen LogP contribution in [0.5, 0.6) is 5.75 Å². The summed E-state index contributed by atoms with van der Waals surface area (Å²) in [4.78, 5) is 5.79. The Bertz CT molecular complexity index is 827. The average molecular weight is 369 g/mol. The Hall–Kier alpha value is -1.44. The molecule has 1 aromatic carbocycles. The molecule has 0 aliphatic carbocycles. The van der Waals surface area contributed by atoms with E-state index in [1.165, 1.54) is 0 Å². The fraction of sp³-hybridized carbons (Fsp3) is 0.471. The predicted molar refractivity (Wildman–Crippen MR) is 97.6 cm³/mol. The Morgan fingerprint density at radius 2 is 1.88 bits per heavy atom. The minimum atomic E-state index is -3.54. The molecule has 0 aliphatic rings. The van der Waals surface area contributed by atoms with Crippen molar-refractivity contribution in [3.63, 3.8) is 0 Å². The highest BCUT2D eigenvalue weighted by Crippen LogP contribution is 2.26. The molecular weight excluding hydrogens is 344 g/mol. The van der Waals surface area contributed by atoms with Gasteiger partial charge in [-0.15, -0.1) is 11.3 Å². The second-order valence-corrected chi connectivity index (χ2v) is 8.73. The normalized spacial score (nSPS) is 11.7. The summed E-state index contributed by atoms with van der Waals surface area (Å²) in [7, 11) is -3.54. The molecule has 0 radical (unpaired) electrons. The Labute approximate surface area is 148 Å². The van der Waals surface area contributed by atoms with Gasteiger partial charge in [-0.05, 0) is 64.3 Å². The molecule has 1 N–H and O–H groups in total. The number of benzene rings is 1. The van der Waals surface area contributed by atoms with E-state index in [1.807, 2.05) is 27.7 Å². The minimum absolute atomic E-state index is 0.306. The van der Waals surface area contributed by atoms with Crippen LogP contribution in [0.15, 0.2) is 17.0 Å². The molecule has 132 valence electrons. The third-order valence-corrected chi connectivity index (χ3v) is 6.44. The molecule has 0 saturated heterocycles. The van der Waals surface area contributed by atoms with Gasteiger partial charge in [0, 0.05) is 11.4 Å². The maximum Gasteiger partial charge on any atom is 0.240 e. The van der Waals surface area contributed by atoms with Crippen LogP contribution < -0.4 is 9.46 Å². The van der Waals surface area contributed by atoms with Crippen molar-refractivity contribution in [2.75, 3.05) is 13.2 Å². The number of thiazole rings is 1. The van der Waals surface area contributed by atoms with Gasteiger partial charge in [0.25, 0.3) is 0 Å². The van der Waals surface area contributed by atoms with E-state index < -0.39 is 10.0 Å². The van der Waals surface area contributed by atoms with Gasteiger partial charge in [0.05, 0.1) is 22.2 Å². The molecule has 2 aromatic rings. The zero-order valence-corrected chi connectivity index (χ0v) is 16.4. The quantitative estimate of drug-likeness (QED) is 0.814. The third kappa shape index (κ3) is 4.34. The van der Waals surface area contributed by atoms with Crippen LogP contribution in [-0.2, 0) is 16.4 Å². The Kier molecular flexibility index (Phi) is 6.01. The van der Waals surface area contributed by atoms with Gasteiger partial charge in [-0.1, -0.05) is 0 Å². The number of aryl methyl sites for hydroxylation is 4. The van der Waals surface area contributed by atoms with Crippen molar-refractivity contribution in [3.8, 4) is 5.75 Å². The molecule has 0 bridgehead atoms. The number of hydrogen-bond acceptors (Lipinski definition) is 5. The highest BCUT2D eigenvalue weighted by molar-refractivity contribution is 7.89. The third-order valence-electron chi connectivity index (χ3n) is 3.71. The summed E-state index contributed by atoms with van der Waals surface area (Å²) in [6, 6.07) is 3.45. The van der Waals surface area contributed by atoms with Crippen molar-refractivity contribution in [3.05, 3.63) is 38.8 Å². The largest absolute Gasteiger partial charge is 0.494 e. The van der Waals surface area contributed by atoms with Crippen molar-refractivity contribution in [2.24, 2.45) is 0 Å². The van der Waals surface area contributed by atoms with Gasteiger partial charge in [0.1, 0.15) is 5.75 Å². The second-order valence-electron chi connectivity index (χ2n) is 5.71.